The van der Waals surface area contributed by atoms with Crippen molar-refractivity contribution in [3.63, 3.8) is 0 Å². The molecule has 62 heavy (non-hydrogen) atoms. The van der Waals surface area contributed by atoms with Crippen LogP contribution in [0.3, 0.4) is 0 Å². The Kier molecular flexibility index (Phi) is 43.2. The number of phosphoric acid groups is 1. The summed E-state index contributed by atoms with van der Waals surface area (Å²) in [7, 11) is -4.76. The van der Waals surface area contributed by atoms with Crippen LogP contribution in [0.4, 0.5) is 0 Å². The van der Waals surface area contributed by atoms with Gasteiger partial charge < -0.3 is 25.2 Å². The first-order chi connectivity index (χ1) is 30.1. The van der Waals surface area contributed by atoms with Gasteiger partial charge in [-0.1, -0.05) is 184 Å². The number of carboxylic acid groups (broad SMARTS) is 1. The fourth-order valence-electron chi connectivity index (χ4n) is 6.80. The van der Waals surface area contributed by atoms with Gasteiger partial charge in [-0.15, -0.1) is 0 Å². The van der Waals surface area contributed by atoms with Crippen LogP contribution >= 0.6 is 7.82 Å². The molecule has 0 aliphatic carbocycles. The van der Waals surface area contributed by atoms with Crippen LogP contribution in [0.1, 0.15) is 219 Å². The van der Waals surface area contributed by atoms with Crippen molar-refractivity contribution >= 4 is 25.7 Å². The lowest BCUT2D eigenvalue weighted by atomic mass is 10.0. The third-order valence-electron chi connectivity index (χ3n) is 10.6. The summed E-state index contributed by atoms with van der Waals surface area (Å²) >= 11 is 0. The quantitative estimate of drug-likeness (QED) is 0.0200. The number of hydrogen-bond acceptors (Lipinski definition) is 8. The number of carbonyl (C=O) groups is 3. The molecule has 0 aliphatic rings. The van der Waals surface area contributed by atoms with Gasteiger partial charge in [0.25, 0.3) is 0 Å². The number of aliphatic hydroxyl groups is 1. The maximum atomic E-state index is 12.3. The van der Waals surface area contributed by atoms with Crippen LogP contribution in [0.15, 0.2) is 48.6 Å². The van der Waals surface area contributed by atoms with Crippen molar-refractivity contribution < 1.29 is 47.8 Å². The maximum absolute atomic E-state index is 12.3. The first-order valence-electron chi connectivity index (χ1n) is 24.7. The third-order valence-corrected chi connectivity index (χ3v) is 11.6. The van der Waals surface area contributed by atoms with Crippen molar-refractivity contribution in [3.05, 3.63) is 48.6 Å². The molecule has 360 valence electrons. The molecule has 4 N–H and O–H groups in total. The monoisotopic (exact) mass is 896 g/mol. The van der Waals surface area contributed by atoms with E-state index in [1.54, 1.807) is 0 Å². The first kappa shape index (κ1) is 59.4. The Hall–Kier alpha value is -2.56. The first-order valence-corrected chi connectivity index (χ1v) is 26.2. The van der Waals surface area contributed by atoms with Gasteiger partial charge in [0.1, 0.15) is 12.7 Å². The van der Waals surface area contributed by atoms with Crippen LogP contribution in [0.25, 0.3) is 0 Å². The predicted molar refractivity (Wildman–Crippen MR) is 254 cm³/mol. The van der Waals surface area contributed by atoms with Crippen molar-refractivity contribution in [3.8, 4) is 0 Å². The number of esters is 1. The zero-order chi connectivity index (χ0) is 45.6. The number of carboxylic acids is 1. The fourth-order valence-corrected chi connectivity index (χ4v) is 7.57. The number of hydrogen-bond donors (Lipinski definition) is 4. The van der Waals surface area contributed by atoms with E-state index in [0.717, 1.165) is 70.6 Å². The second kappa shape index (κ2) is 45.0. The Bertz CT molecular complexity index is 1240. The predicted octanol–water partition coefficient (Wildman–Crippen LogP) is 13.3. The van der Waals surface area contributed by atoms with E-state index < -0.39 is 57.6 Å². The molecular formula is C50H90NO10P. The molecule has 0 fully saturated rings. The van der Waals surface area contributed by atoms with Gasteiger partial charge in [-0.3, -0.25) is 18.6 Å². The molecule has 0 aromatic rings. The number of rotatable bonds is 46. The number of carbonyl (C=O) groups excluding carboxylic acids is 2. The molecule has 0 bridgehead atoms. The average molecular weight is 896 g/mol. The van der Waals surface area contributed by atoms with E-state index in [1.807, 2.05) is 0 Å². The lowest BCUT2D eigenvalue weighted by Gasteiger charge is -2.18. The SMILES string of the molecule is CC/C=C\C/C=C\C/C=C\CCCCCCCC(=O)NC(COP(=O)(O)OCC(O)COC(=O)CCCCCCCCCCCCCCC/C=C/CCCCCCCC)C(=O)O. The summed E-state index contributed by atoms with van der Waals surface area (Å²) in [5, 5.41) is 21.9. The van der Waals surface area contributed by atoms with Gasteiger partial charge in [0.05, 0.1) is 13.2 Å². The minimum absolute atomic E-state index is 0.125. The van der Waals surface area contributed by atoms with Gasteiger partial charge in [-0.2, -0.15) is 0 Å². The molecule has 0 radical (unpaired) electrons. The molecule has 0 saturated carbocycles. The van der Waals surface area contributed by atoms with E-state index in [1.165, 1.54) is 109 Å². The van der Waals surface area contributed by atoms with Crippen LogP contribution in [0.5, 0.6) is 0 Å². The van der Waals surface area contributed by atoms with E-state index in [4.69, 9.17) is 13.8 Å². The van der Waals surface area contributed by atoms with Crippen LogP contribution < -0.4 is 5.32 Å². The van der Waals surface area contributed by atoms with Gasteiger partial charge in [-0.05, 0) is 70.6 Å². The van der Waals surface area contributed by atoms with Crippen molar-refractivity contribution in [2.45, 2.75) is 231 Å². The lowest BCUT2D eigenvalue weighted by Crippen LogP contribution is -2.43. The average Bonchev–Trinajstić information content (AvgIpc) is 3.25. The number of aliphatic hydroxyl groups excluding tert-OH is 1. The van der Waals surface area contributed by atoms with Crippen molar-refractivity contribution in [1.82, 2.24) is 5.32 Å². The second-order valence-electron chi connectivity index (χ2n) is 16.6. The summed E-state index contributed by atoms with van der Waals surface area (Å²) < 4.78 is 26.9. The van der Waals surface area contributed by atoms with Gasteiger partial charge >= 0.3 is 19.8 Å². The number of amides is 1. The summed E-state index contributed by atoms with van der Waals surface area (Å²) in [6.07, 6.45) is 51.4. The molecule has 1 amide bonds. The number of aliphatic carboxylic acids is 1. The van der Waals surface area contributed by atoms with Crippen molar-refractivity contribution in [1.29, 1.82) is 0 Å². The smallest absolute Gasteiger partial charge is 0.472 e. The standard InChI is InChI=1S/C50H90NO10P/c1-3-5-7-9-11-13-15-17-19-20-21-22-23-24-25-26-28-30-32-34-36-38-40-42-49(54)59-43-46(52)44-60-62(57,58)61-45-47(50(55)56)51-48(53)41-39-37-35-33-31-29-27-18-16-14-12-10-8-6-4-2/h6,8,12,14,17-19,27,46-47,52H,3-5,7,9-11,13,15-16,20-26,28-45H2,1-2H3,(H,51,53)(H,55,56)(H,57,58)/b8-6-,14-12-,19-17+,27-18-. The topological polar surface area (TPSA) is 169 Å². The molecule has 3 unspecified atom stereocenters. The molecule has 0 rings (SSSR count). The van der Waals surface area contributed by atoms with Crippen LogP contribution in [0, 0.1) is 0 Å². The number of unbranched alkanes of at least 4 members (excludes halogenated alkanes) is 24. The largest absolute Gasteiger partial charge is 0.480 e. The summed E-state index contributed by atoms with van der Waals surface area (Å²) in [4.78, 5) is 46.0. The normalized spacial score (nSPS) is 14.0. The molecule has 12 heteroatoms. The number of allylic oxidation sites excluding steroid dienone is 8. The van der Waals surface area contributed by atoms with E-state index in [0.29, 0.717) is 12.8 Å². The van der Waals surface area contributed by atoms with Gasteiger partial charge in [0, 0.05) is 12.8 Å². The molecule has 0 heterocycles. The van der Waals surface area contributed by atoms with E-state index >= 15 is 0 Å². The Labute approximate surface area is 377 Å². The zero-order valence-corrected chi connectivity index (χ0v) is 40.1. The number of ether oxygens (including phenoxy) is 1. The molecule has 0 saturated heterocycles. The second-order valence-corrected chi connectivity index (χ2v) is 18.1. The Balaban J connectivity index is 3.81. The third kappa shape index (κ3) is 44.1. The van der Waals surface area contributed by atoms with Gasteiger partial charge in [0.2, 0.25) is 5.91 Å². The van der Waals surface area contributed by atoms with E-state index in [9.17, 15) is 34.1 Å². The summed E-state index contributed by atoms with van der Waals surface area (Å²) in [5.41, 5.74) is 0. The minimum Gasteiger partial charge on any atom is -0.480 e. The molecule has 0 aromatic carbocycles. The summed E-state index contributed by atoms with van der Waals surface area (Å²) in [6.45, 7) is 2.48. The van der Waals surface area contributed by atoms with Crippen LogP contribution in [-0.2, 0) is 32.7 Å². The molecule has 11 nitrogen and oxygen atoms in total. The molecule has 3 atom stereocenters. The molecule has 0 aliphatic heterocycles. The lowest BCUT2D eigenvalue weighted by molar-refractivity contribution is -0.147. The zero-order valence-electron chi connectivity index (χ0n) is 39.2. The highest BCUT2D eigenvalue weighted by molar-refractivity contribution is 7.47. The summed E-state index contributed by atoms with van der Waals surface area (Å²) in [5.74, 6) is -2.39. The van der Waals surface area contributed by atoms with Gasteiger partial charge in [-0.25, -0.2) is 9.36 Å². The van der Waals surface area contributed by atoms with Crippen molar-refractivity contribution in [2.24, 2.45) is 0 Å². The fraction of sp³-hybridized carbons (Fsp3) is 0.780. The highest BCUT2D eigenvalue weighted by Gasteiger charge is 2.28. The number of nitrogens with one attached hydrogen (secondary N) is 1. The Morgan fingerprint density at radius 1 is 0.532 bits per heavy atom. The van der Waals surface area contributed by atoms with Crippen LogP contribution in [-0.4, -0.2) is 64.9 Å². The molecule has 0 spiro atoms. The molecular weight excluding hydrogens is 806 g/mol. The van der Waals surface area contributed by atoms with Crippen molar-refractivity contribution in [2.75, 3.05) is 19.8 Å². The number of phosphoric ester groups is 1. The highest BCUT2D eigenvalue weighted by Crippen LogP contribution is 2.43. The highest BCUT2D eigenvalue weighted by atomic mass is 31.2. The molecule has 0 aromatic heterocycles. The van der Waals surface area contributed by atoms with Crippen LogP contribution in [0.2, 0.25) is 0 Å². The van der Waals surface area contributed by atoms with Gasteiger partial charge in [0.15, 0.2) is 6.04 Å². The minimum atomic E-state index is -4.76. The van der Waals surface area contributed by atoms with E-state index in [-0.39, 0.29) is 12.8 Å². The summed E-state index contributed by atoms with van der Waals surface area (Å²) in [6, 6.07) is -1.56. The maximum Gasteiger partial charge on any atom is 0.472 e. The Morgan fingerprint density at radius 2 is 0.935 bits per heavy atom. The Morgan fingerprint density at radius 3 is 1.42 bits per heavy atom. The van der Waals surface area contributed by atoms with E-state index in [2.05, 4.69) is 67.8 Å².